The van der Waals surface area contributed by atoms with Crippen molar-refractivity contribution in [1.29, 1.82) is 0 Å². The fraction of sp³-hybridized carbons (Fsp3) is 0.714. The van der Waals surface area contributed by atoms with Crippen LogP contribution in [0.5, 0.6) is 0 Å². The molecule has 1 aliphatic heterocycles. The Labute approximate surface area is 98.6 Å². The predicted octanol–water partition coefficient (Wildman–Crippen LogP) is 3.56. The summed E-state index contributed by atoms with van der Waals surface area (Å²) < 4.78 is 5.91. The van der Waals surface area contributed by atoms with Gasteiger partial charge in [0.1, 0.15) is 11.5 Å². The van der Waals surface area contributed by atoms with Gasteiger partial charge in [0, 0.05) is 5.41 Å². The van der Waals surface area contributed by atoms with Crippen LogP contribution >= 0.6 is 0 Å². The number of hydrogen-bond donors (Lipinski definition) is 0. The molecule has 0 aromatic carbocycles. The monoisotopic (exact) mass is 221 g/mol. The minimum Gasteiger partial charge on any atom is -0.464 e. The molecule has 2 heteroatoms. The molecule has 1 fully saturated rings. The maximum absolute atomic E-state index is 5.91. The smallest absolute Gasteiger partial charge is 0.118 e. The molecular weight excluding hydrogens is 198 g/mol. The summed E-state index contributed by atoms with van der Waals surface area (Å²) in [6.07, 6.45) is 4.07. The van der Waals surface area contributed by atoms with Gasteiger partial charge in [-0.25, -0.2) is 0 Å². The van der Waals surface area contributed by atoms with Gasteiger partial charge in [0.15, 0.2) is 0 Å². The van der Waals surface area contributed by atoms with Gasteiger partial charge in [0.25, 0.3) is 0 Å². The van der Waals surface area contributed by atoms with E-state index in [0.29, 0.717) is 0 Å². The van der Waals surface area contributed by atoms with Crippen LogP contribution in [-0.4, -0.2) is 18.0 Å². The van der Waals surface area contributed by atoms with Gasteiger partial charge in [-0.3, -0.25) is 4.90 Å². The second-order valence-corrected chi connectivity index (χ2v) is 5.85. The minimum atomic E-state index is 0.125. The van der Waals surface area contributed by atoms with Crippen LogP contribution in [0.3, 0.4) is 0 Å². The zero-order valence-electron chi connectivity index (χ0n) is 10.8. The van der Waals surface area contributed by atoms with E-state index in [1.165, 1.54) is 32.4 Å². The third-order valence-electron chi connectivity index (χ3n) is 3.23. The van der Waals surface area contributed by atoms with E-state index < -0.39 is 0 Å². The summed E-state index contributed by atoms with van der Waals surface area (Å²) in [4.78, 5) is 2.49. The van der Waals surface area contributed by atoms with Gasteiger partial charge < -0.3 is 4.42 Å². The highest BCUT2D eigenvalue weighted by Crippen LogP contribution is 2.25. The molecular formula is C14H23NO. The highest BCUT2D eigenvalue weighted by Gasteiger charge is 2.19. The van der Waals surface area contributed by atoms with Gasteiger partial charge in [0.05, 0.1) is 6.54 Å². The molecule has 2 heterocycles. The van der Waals surface area contributed by atoms with Crippen molar-refractivity contribution >= 4 is 0 Å². The number of rotatable bonds is 2. The van der Waals surface area contributed by atoms with E-state index in [-0.39, 0.29) is 5.41 Å². The lowest BCUT2D eigenvalue weighted by Gasteiger charge is -2.25. The van der Waals surface area contributed by atoms with Crippen molar-refractivity contribution in [2.75, 3.05) is 13.1 Å². The quantitative estimate of drug-likeness (QED) is 0.759. The van der Waals surface area contributed by atoms with Crippen molar-refractivity contribution in [2.24, 2.45) is 0 Å². The summed E-state index contributed by atoms with van der Waals surface area (Å²) in [5, 5.41) is 0. The molecule has 1 saturated heterocycles. The number of likely N-dealkylation sites (tertiary alicyclic amines) is 1. The molecule has 0 bridgehead atoms. The normalized spacial score (nSPS) is 18.9. The molecule has 2 rings (SSSR count). The van der Waals surface area contributed by atoms with Crippen molar-refractivity contribution in [3.05, 3.63) is 23.7 Å². The van der Waals surface area contributed by atoms with Gasteiger partial charge in [-0.15, -0.1) is 0 Å². The SMILES string of the molecule is CC(C)(C)c1ccc(CN2CCCCC2)o1. The Morgan fingerprint density at radius 3 is 2.38 bits per heavy atom. The lowest BCUT2D eigenvalue weighted by Crippen LogP contribution is -2.28. The molecule has 90 valence electrons. The fourth-order valence-corrected chi connectivity index (χ4v) is 2.20. The van der Waals surface area contributed by atoms with Crippen LogP contribution in [0.25, 0.3) is 0 Å². The van der Waals surface area contributed by atoms with Crippen LogP contribution in [0, 0.1) is 0 Å². The maximum atomic E-state index is 5.91. The van der Waals surface area contributed by atoms with E-state index in [2.05, 4.69) is 37.8 Å². The zero-order valence-corrected chi connectivity index (χ0v) is 10.8. The fourth-order valence-electron chi connectivity index (χ4n) is 2.20. The molecule has 0 unspecified atom stereocenters. The van der Waals surface area contributed by atoms with E-state index in [9.17, 15) is 0 Å². The summed E-state index contributed by atoms with van der Waals surface area (Å²) >= 11 is 0. The van der Waals surface area contributed by atoms with E-state index in [1.807, 2.05) is 0 Å². The first-order valence-electron chi connectivity index (χ1n) is 6.37. The third-order valence-corrected chi connectivity index (χ3v) is 3.23. The highest BCUT2D eigenvalue weighted by molar-refractivity contribution is 5.14. The Hall–Kier alpha value is -0.760. The van der Waals surface area contributed by atoms with E-state index in [1.54, 1.807) is 0 Å². The molecule has 16 heavy (non-hydrogen) atoms. The molecule has 0 aliphatic carbocycles. The zero-order chi connectivity index (χ0) is 11.6. The predicted molar refractivity (Wildman–Crippen MR) is 66.5 cm³/mol. The van der Waals surface area contributed by atoms with E-state index >= 15 is 0 Å². The average molecular weight is 221 g/mol. The Morgan fingerprint density at radius 2 is 1.81 bits per heavy atom. The molecule has 2 nitrogen and oxygen atoms in total. The third kappa shape index (κ3) is 2.88. The standard InChI is InChI=1S/C14H23NO/c1-14(2,3)13-8-7-12(16-13)11-15-9-5-4-6-10-15/h7-8H,4-6,9-11H2,1-3H3. The van der Waals surface area contributed by atoms with Crippen LogP contribution in [0.15, 0.2) is 16.5 Å². The van der Waals surface area contributed by atoms with E-state index in [0.717, 1.165) is 18.1 Å². The van der Waals surface area contributed by atoms with E-state index in [4.69, 9.17) is 4.42 Å². The number of furan rings is 1. The molecule has 0 spiro atoms. The first-order chi connectivity index (χ1) is 7.55. The van der Waals surface area contributed by atoms with Gasteiger partial charge in [-0.2, -0.15) is 0 Å². The van der Waals surface area contributed by atoms with Gasteiger partial charge >= 0.3 is 0 Å². The van der Waals surface area contributed by atoms with Crippen LogP contribution in [0.4, 0.5) is 0 Å². The molecule has 0 amide bonds. The summed E-state index contributed by atoms with van der Waals surface area (Å²) in [6, 6.07) is 4.26. The summed E-state index contributed by atoms with van der Waals surface area (Å²) in [5.41, 5.74) is 0.125. The topological polar surface area (TPSA) is 16.4 Å². The largest absolute Gasteiger partial charge is 0.464 e. The van der Waals surface area contributed by atoms with Crippen LogP contribution in [0.1, 0.15) is 51.6 Å². The molecule has 1 aromatic rings. The lowest BCUT2D eigenvalue weighted by atomic mass is 9.94. The average Bonchev–Trinajstić information content (AvgIpc) is 2.67. The Bertz CT molecular complexity index is 329. The summed E-state index contributed by atoms with van der Waals surface area (Å²) in [5.74, 6) is 2.21. The highest BCUT2D eigenvalue weighted by atomic mass is 16.3. The summed E-state index contributed by atoms with van der Waals surface area (Å²) in [6.45, 7) is 10.0. The first kappa shape index (κ1) is 11.7. The second-order valence-electron chi connectivity index (χ2n) is 5.85. The number of hydrogen-bond acceptors (Lipinski definition) is 2. The number of piperidine rings is 1. The molecule has 1 aromatic heterocycles. The Morgan fingerprint density at radius 1 is 1.12 bits per heavy atom. The van der Waals surface area contributed by atoms with Crippen LogP contribution in [0.2, 0.25) is 0 Å². The maximum Gasteiger partial charge on any atom is 0.118 e. The number of nitrogens with zero attached hydrogens (tertiary/aromatic N) is 1. The molecule has 0 saturated carbocycles. The molecule has 1 aliphatic rings. The van der Waals surface area contributed by atoms with Crippen LogP contribution in [-0.2, 0) is 12.0 Å². The Balaban J connectivity index is 1.97. The van der Waals surface area contributed by atoms with Crippen molar-refractivity contribution in [1.82, 2.24) is 4.90 Å². The van der Waals surface area contributed by atoms with Crippen molar-refractivity contribution in [3.63, 3.8) is 0 Å². The van der Waals surface area contributed by atoms with Crippen LogP contribution < -0.4 is 0 Å². The van der Waals surface area contributed by atoms with Gasteiger partial charge in [-0.05, 0) is 38.1 Å². The molecule has 0 atom stereocenters. The van der Waals surface area contributed by atoms with Gasteiger partial charge in [-0.1, -0.05) is 27.2 Å². The summed E-state index contributed by atoms with van der Waals surface area (Å²) in [7, 11) is 0. The Kier molecular flexibility index (Phi) is 3.38. The van der Waals surface area contributed by atoms with Crippen molar-refractivity contribution in [3.8, 4) is 0 Å². The van der Waals surface area contributed by atoms with Crippen molar-refractivity contribution < 1.29 is 4.42 Å². The van der Waals surface area contributed by atoms with Gasteiger partial charge in [0.2, 0.25) is 0 Å². The van der Waals surface area contributed by atoms with Crippen molar-refractivity contribution in [2.45, 2.75) is 52.0 Å². The minimum absolute atomic E-state index is 0.125. The molecule has 0 N–H and O–H groups in total. The lowest BCUT2D eigenvalue weighted by molar-refractivity contribution is 0.201. The molecule has 0 radical (unpaired) electrons. The second kappa shape index (κ2) is 4.62. The first-order valence-corrected chi connectivity index (χ1v) is 6.37.